The van der Waals surface area contributed by atoms with Crippen molar-refractivity contribution in [3.63, 3.8) is 0 Å². The van der Waals surface area contributed by atoms with E-state index in [0.29, 0.717) is 11.1 Å². The van der Waals surface area contributed by atoms with Crippen LogP contribution >= 0.6 is 0 Å². The SMILES string of the molecule is COc1cc([C@@H]2[C@H]3CO[C@]4(O)C(=O)[C@@H]2C=C([C@H]2Oc5cc(O)cc(O)c5C(=O)[C@@H]2O)[C@@H]34)ccc1O. The highest BCUT2D eigenvalue weighted by Gasteiger charge is 2.69. The monoisotopic (exact) mass is 482 g/mol. The van der Waals surface area contributed by atoms with Crippen LogP contribution in [0.2, 0.25) is 0 Å². The number of fused-ring (bicyclic) bond motifs is 1. The molecule has 0 aromatic heterocycles. The van der Waals surface area contributed by atoms with Gasteiger partial charge in [-0.05, 0) is 23.3 Å². The summed E-state index contributed by atoms with van der Waals surface area (Å²) in [5.41, 5.74) is 0.796. The molecule has 10 heteroatoms. The summed E-state index contributed by atoms with van der Waals surface area (Å²) < 4.78 is 16.7. The van der Waals surface area contributed by atoms with E-state index >= 15 is 0 Å². The lowest BCUT2D eigenvalue weighted by Gasteiger charge is -2.50. The molecular formula is C25H22O10. The van der Waals surface area contributed by atoms with E-state index in [4.69, 9.17) is 14.2 Å². The molecule has 0 radical (unpaired) electrons. The third-order valence-corrected chi connectivity index (χ3v) is 7.62. The van der Waals surface area contributed by atoms with E-state index < -0.39 is 59.0 Å². The highest BCUT2D eigenvalue weighted by atomic mass is 16.6. The highest BCUT2D eigenvalue weighted by Crippen LogP contribution is 2.61. The molecule has 0 unspecified atom stereocenters. The van der Waals surface area contributed by atoms with E-state index in [9.17, 15) is 35.1 Å². The number of allylic oxidation sites excluding steroid dienone is 1. The molecule has 3 aliphatic carbocycles. The first-order valence-electron chi connectivity index (χ1n) is 11.1. The summed E-state index contributed by atoms with van der Waals surface area (Å²) in [7, 11) is 1.42. The van der Waals surface area contributed by atoms with Gasteiger partial charge < -0.3 is 39.7 Å². The van der Waals surface area contributed by atoms with Crippen LogP contribution in [0.5, 0.6) is 28.7 Å². The number of carbonyl (C=O) groups excluding carboxylic acids is 2. The molecule has 2 aromatic rings. The molecule has 7 rings (SSSR count). The summed E-state index contributed by atoms with van der Waals surface area (Å²) in [6.45, 7) is 0.0452. The number of aliphatic hydroxyl groups is 2. The van der Waals surface area contributed by atoms with Gasteiger partial charge in [-0.3, -0.25) is 9.59 Å². The maximum absolute atomic E-state index is 13.3. The maximum atomic E-state index is 13.3. The molecule has 35 heavy (non-hydrogen) atoms. The normalized spacial score (nSPS) is 34.9. The van der Waals surface area contributed by atoms with Crippen LogP contribution in [0.1, 0.15) is 21.8 Å². The molecule has 1 saturated carbocycles. The number of ketones is 2. The molecular weight excluding hydrogens is 460 g/mol. The largest absolute Gasteiger partial charge is 0.508 e. The van der Waals surface area contributed by atoms with Crippen molar-refractivity contribution in [2.24, 2.45) is 17.8 Å². The lowest BCUT2D eigenvalue weighted by Crippen LogP contribution is -2.60. The predicted molar refractivity (Wildman–Crippen MR) is 116 cm³/mol. The van der Waals surface area contributed by atoms with Crippen LogP contribution in [-0.2, 0) is 9.53 Å². The summed E-state index contributed by atoms with van der Waals surface area (Å²) in [4.78, 5) is 26.2. The number of phenols is 3. The van der Waals surface area contributed by atoms with E-state index in [0.717, 1.165) is 12.1 Å². The minimum Gasteiger partial charge on any atom is -0.508 e. The van der Waals surface area contributed by atoms with Crippen LogP contribution in [0.4, 0.5) is 0 Å². The van der Waals surface area contributed by atoms with Crippen LogP contribution in [0, 0.1) is 17.8 Å². The van der Waals surface area contributed by atoms with Crippen molar-refractivity contribution in [1.82, 2.24) is 0 Å². The first-order valence-corrected chi connectivity index (χ1v) is 11.1. The Morgan fingerprint density at radius 1 is 1.09 bits per heavy atom. The molecule has 2 fully saturated rings. The Morgan fingerprint density at radius 3 is 2.60 bits per heavy atom. The average molecular weight is 482 g/mol. The average Bonchev–Trinajstić information content (AvgIpc) is 3.14. The number of carbonyl (C=O) groups is 2. The molecule has 0 spiro atoms. The number of Topliss-reactive ketones (excluding diaryl/α,β-unsaturated/α-hetero) is 2. The molecule has 0 amide bonds. The molecule has 7 atom stereocenters. The van der Waals surface area contributed by atoms with E-state index in [1.165, 1.54) is 13.2 Å². The van der Waals surface area contributed by atoms with Gasteiger partial charge in [0, 0.05) is 29.9 Å². The smallest absolute Gasteiger partial charge is 0.234 e. The van der Waals surface area contributed by atoms with Crippen molar-refractivity contribution in [2.45, 2.75) is 23.9 Å². The fraction of sp³-hybridized carbons (Fsp3) is 0.360. The van der Waals surface area contributed by atoms with Gasteiger partial charge in [0.05, 0.1) is 19.6 Å². The Bertz CT molecular complexity index is 1320. The zero-order chi connectivity index (χ0) is 24.8. The van der Waals surface area contributed by atoms with Crippen molar-refractivity contribution in [3.8, 4) is 28.7 Å². The van der Waals surface area contributed by atoms with Gasteiger partial charge in [-0.25, -0.2) is 0 Å². The molecule has 2 aliphatic heterocycles. The second-order valence-electron chi connectivity index (χ2n) is 9.35. The lowest BCUT2D eigenvalue weighted by molar-refractivity contribution is -0.206. The maximum Gasteiger partial charge on any atom is 0.234 e. The van der Waals surface area contributed by atoms with Gasteiger partial charge in [-0.1, -0.05) is 12.1 Å². The second-order valence-corrected chi connectivity index (χ2v) is 9.35. The van der Waals surface area contributed by atoms with Gasteiger partial charge in [-0.15, -0.1) is 0 Å². The van der Waals surface area contributed by atoms with Crippen LogP contribution in [0.3, 0.4) is 0 Å². The summed E-state index contributed by atoms with van der Waals surface area (Å²) in [6.07, 6.45) is -1.37. The predicted octanol–water partition coefficient (Wildman–Crippen LogP) is 0.990. The van der Waals surface area contributed by atoms with Crippen LogP contribution in [-0.4, -0.2) is 68.8 Å². The van der Waals surface area contributed by atoms with Crippen LogP contribution in [0.15, 0.2) is 42.0 Å². The number of phenolic OH excluding ortho intramolecular Hbond substituents is 3. The molecule has 5 N–H and O–H groups in total. The summed E-state index contributed by atoms with van der Waals surface area (Å²) >= 11 is 0. The topological polar surface area (TPSA) is 163 Å². The minimum atomic E-state index is -2.13. The van der Waals surface area contributed by atoms with E-state index in [-0.39, 0.29) is 35.2 Å². The lowest BCUT2D eigenvalue weighted by atomic mass is 9.55. The number of hydrogen-bond donors (Lipinski definition) is 5. The zero-order valence-corrected chi connectivity index (χ0v) is 18.4. The Kier molecular flexibility index (Phi) is 4.51. The number of rotatable bonds is 3. The first-order chi connectivity index (χ1) is 16.7. The van der Waals surface area contributed by atoms with Crippen molar-refractivity contribution in [3.05, 3.63) is 53.1 Å². The van der Waals surface area contributed by atoms with Gasteiger partial charge in [-0.2, -0.15) is 0 Å². The molecule has 2 heterocycles. The highest BCUT2D eigenvalue weighted by molar-refractivity contribution is 6.06. The standard InChI is InChI=1S/C25H22O10/c1-33-16-4-9(2-3-14(16)27)18-11-7-12(20-13(18)8-34-25(20,32)24(11)31)23-22(30)21(29)19-15(28)5-10(26)6-17(19)35-23/h2-7,11,13,18,20,22-23,26-28,30,32H,8H2,1H3/t11-,13-,18+,20+,22+,23-,25+/m1/s1. The summed E-state index contributed by atoms with van der Waals surface area (Å²) in [6, 6.07) is 6.91. The van der Waals surface area contributed by atoms with Crippen molar-refractivity contribution in [2.75, 3.05) is 13.7 Å². The summed E-state index contributed by atoms with van der Waals surface area (Å²) in [5, 5.41) is 52.0. The fourth-order valence-corrected chi connectivity index (χ4v) is 6.16. The number of methoxy groups -OCH3 is 1. The fourth-order valence-electron chi connectivity index (χ4n) is 6.16. The van der Waals surface area contributed by atoms with Crippen LogP contribution in [0.25, 0.3) is 0 Å². The molecule has 2 aromatic carbocycles. The number of benzene rings is 2. The van der Waals surface area contributed by atoms with Crippen molar-refractivity contribution < 1.29 is 49.3 Å². The van der Waals surface area contributed by atoms with Crippen LogP contribution < -0.4 is 9.47 Å². The molecule has 4 bridgehead atoms. The number of aliphatic hydroxyl groups excluding tert-OH is 1. The van der Waals surface area contributed by atoms with E-state index in [1.54, 1.807) is 18.2 Å². The molecule has 1 saturated heterocycles. The van der Waals surface area contributed by atoms with Gasteiger partial charge in [0.15, 0.2) is 29.5 Å². The number of aromatic hydroxyl groups is 3. The van der Waals surface area contributed by atoms with Crippen molar-refractivity contribution >= 4 is 11.6 Å². The summed E-state index contributed by atoms with van der Waals surface area (Å²) in [5.74, 6) is -6.84. The molecule has 5 aliphatic rings. The molecule has 10 nitrogen and oxygen atoms in total. The van der Waals surface area contributed by atoms with E-state index in [1.807, 2.05) is 0 Å². The van der Waals surface area contributed by atoms with Gasteiger partial charge in [0.25, 0.3) is 0 Å². The third kappa shape index (κ3) is 2.81. The van der Waals surface area contributed by atoms with Gasteiger partial charge >= 0.3 is 0 Å². The first kappa shape index (κ1) is 21.9. The Hall–Kier alpha value is -3.60. The van der Waals surface area contributed by atoms with E-state index in [2.05, 4.69) is 0 Å². The Morgan fingerprint density at radius 2 is 1.86 bits per heavy atom. The number of ether oxygens (including phenoxy) is 3. The number of hydrogen-bond acceptors (Lipinski definition) is 10. The minimum absolute atomic E-state index is 0.0452. The Balaban J connectivity index is 1.46. The third-order valence-electron chi connectivity index (χ3n) is 7.62. The van der Waals surface area contributed by atoms with Gasteiger partial charge in [0.1, 0.15) is 22.8 Å². The second kappa shape index (κ2) is 7.20. The molecule has 182 valence electrons. The van der Waals surface area contributed by atoms with Crippen molar-refractivity contribution in [1.29, 1.82) is 0 Å². The van der Waals surface area contributed by atoms with Gasteiger partial charge in [0.2, 0.25) is 11.6 Å². The zero-order valence-electron chi connectivity index (χ0n) is 18.4. The Labute approximate surface area is 198 Å². The quantitative estimate of drug-likeness (QED) is 0.399.